The van der Waals surface area contributed by atoms with Gasteiger partial charge in [0.25, 0.3) is 0 Å². The van der Waals surface area contributed by atoms with Crippen LogP contribution in [0.25, 0.3) is 22.8 Å². The smallest absolute Gasteiger partial charge is 0.247 e. The van der Waals surface area contributed by atoms with E-state index in [-0.39, 0.29) is 5.25 Å². The Bertz CT molecular complexity index is 1040. The van der Waals surface area contributed by atoms with Crippen LogP contribution in [-0.2, 0) is 7.05 Å². The molecule has 3 heterocycles. The van der Waals surface area contributed by atoms with Crippen LogP contribution in [0.4, 0.5) is 0 Å². The number of aryl methyl sites for hydroxylation is 1. The zero-order valence-corrected chi connectivity index (χ0v) is 16.0. The summed E-state index contributed by atoms with van der Waals surface area (Å²) in [6.07, 6.45) is 3.51. The highest BCUT2D eigenvalue weighted by Gasteiger charge is 2.20. The number of benzene rings is 1. The van der Waals surface area contributed by atoms with E-state index in [1.807, 2.05) is 61.9 Å². The van der Waals surface area contributed by atoms with Gasteiger partial charge >= 0.3 is 0 Å². The van der Waals surface area contributed by atoms with Crippen molar-refractivity contribution in [2.24, 2.45) is 7.05 Å². The number of nitrogens with zero attached hydrogens (tertiary/aromatic N) is 6. The molecule has 4 aromatic rings. The third-order valence-electron chi connectivity index (χ3n) is 4.12. The van der Waals surface area contributed by atoms with E-state index in [1.165, 1.54) is 17.3 Å². The molecular formula is C19H18N6OS. The minimum atomic E-state index is -0.0543. The van der Waals surface area contributed by atoms with Crippen molar-refractivity contribution in [3.8, 4) is 22.8 Å². The van der Waals surface area contributed by atoms with Gasteiger partial charge in [-0.25, -0.2) is 0 Å². The number of thioether (sulfide) groups is 1. The summed E-state index contributed by atoms with van der Waals surface area (Å²) < 4.78 is 7.80. The zero-order valence-electron chi connectivity index (χ0n) is 15.2. The summed E-state index contributed by atoms with van der Waals surface area (Å²) >= 11 is 1.52. The third kappa shape index (κ3) is 3.61. The van der Waals surface area contributed by atoms with E-state index in [1.54, 1.807) is 12.4 Å². The fraction of sp³-hybridized carbons (Fsp3) is 0.211. The lowest BCUT2D eigenvalue weighted by Gasteiger charge is -2.06. The summed E-state index contributed by atoms with van der Waals surface area (Å²) in [5.74, 6) is 1.84. The summed E-state index contributed by atoms with van der Waals surface area (Å²) in [6.45, 7) is 4.05. The molecule has 8 heteroatoms. The van der Waals surface area contributed by atoms with Crippen molar-refractivity contribution in [3.05, 3.63) is 60.2 Å². The van der Waals surface area contributed by atoms with Crippen LogP contribution >= 0.6 is 11.8 Å². The minimum absolute atomic E-state index is 0.0543. The molecule has 4 rings (SSSR count). The Balaban J connectivity index is 1.52. The standard InChI is InChI=1S/C19H18N6OS/c1-12-6-8-14(9-7-12)18-23-22-17(26-18)13(2)27-19-24-21-16(25(19)3)15-5-4-10-20-11-15/h4-11,13H,1-3H3. The molecule has 1 atom stereocenters. The maximum absolute atomic E-state index is 5.86. The van der Waals surface area contributed by atoms with Crippen LogP contribution in [0, 0.1) is 6.92 Å². The van der Waals surface area contributed by atoms with E-state index >= 15 is 0 Å². The van der Waals surface area contributed by atoms with Crippen molar-refractivity contribution >= 4 is 11.8 Å². The largest absolute Gasteiger partial charge is 0.419 e. The average Bonchev–Trinajstić information content (AvgIpc) is 3.31. The molecule has 1 unspecified atom stereocenters. The third-order valence-corrected chi connectivity index (χ3v) is 5.25. The van der Waals surface area contributed by atoms with Crippen molar-refractivity contribution < 1.29 is 4.42 Å². The van der Waals surface area contributed by atoms with Gasteiger partial charge < -0.3 is 8.98 Å². The zero-order chi connectivity index (χ0) is 18.8. The molecule has 0 amide bonds. The molecule has 0 aliphatic rings. The maximum atomic E-state index is 5.86. The average molecular weight is 378 g/mol. The van der Waals surface area contributed by atoms with Gasteiger partial charge in [0.1, 0.15) is 0 Å². The summed E-state index contributed by atoms with van der Waals surface area (Å²) in [7, 11) is 1.93. The predicted octanol–water partition coefficient (Wildman–Crippen LogP) is 4.09. The second-order valence-corrected chi connectivity index (χ2v) is 7.49. The van der Waals surface area contributed by atoms with Crippen molar-refractivity contribution in [2.45, 2.75) is 24.3 Å². The Kier molecular flexibility index (Phi) is 4.72. The Morgan fingerprint density at radius 1 is 1.00 bits per heavy atom. The van der Waals surface area contributed by atoms with E-state index < -0.39 is 0 Å². The first-order chi connectivity index (χ1) is 13.1. The van der Waals surface area contributed by atoms with Crippen molar-refractivity contribution in [2.75, 3.05) is 0 Å². The van der Waals surface area contributed by atoms with E-state index in [0.717, 1.165) is 22.1 Å². The molecule has 0 saturated heterocycles. The Morgan fingerprint density at radius 2 is 1.81 bits per heavy atom. The van der Waals surface area contributed by atoms with Gasteiger partial charge in [-0.15, -0.1) is 20.4 Å². The van der Waals surface area contributed by atoms with Gasteiger partial charge in [-0.1, -0.05) is 29.5 Å². The van der Waals surface area contributed by atoms with Gasteiger partial charge in [-0.05, 0) is 38.1 Å². The number of hydrogen-bond donors (Lipinski definition) is 0. The summed E-state index contributed by atoms with van der Waals surface area (Å²) in [5, 5.41) is 17.7. The molecular weight excluding hydrogens is 360 g/mol. The van der Waals surface area contributed by atoms with E-state index in [9.17, 15) is 0 Å². The van der Waals surface area contributed by atoms with Crippen molar-refractivity contribution in [3.63, 3.8) is 0 Å². The minimum Gasteiger partial charge on any atom is -0.419 e. The molecule has 0 aliphatic heterocycles. The Labute approximate surface area is 160 Å². The first-order valence-corrected chi connectivity index (χ1v) is 9.36. The molecule has 0 bridgehead atoms. The fourth-order valence-corrected chi connectivity index (χ4v) is 3.43. The molecule has 27 heavy (non-hydrogen) atoms. The molecule has 0 N–H and O–H groups in total. The second-order valence-electron chi connectivity index (χ2n) is 6.18. The number of aromatic nitrogens is 6. The Morgan fingerprint density at radius 3 is 2.56 bits per heavy atom. The van der Waals surface area contributed by atoms with Gasteiger partial charge in [0.15, 0.2) is 11.0 Å². The first-order valence-electron chi connectivity index (χ1n) is 8.48. The topological polar surface area (TPSA) is 82.5 Å². The van der Waals surface area contributed by atoms with Crippen LogP contribution in [0.5, 0.6) is 0 Å². The van der Waals surface area contributed by atoms with Crippen molar-refractivity contribution in [1.29, 1.82) is 0 Å². The lowest BCUT2D eigenvalue weighted by molar-refractivity contribution is 0.508. The number of pyridine rings is 1. The quantitative estimate of drug-likeness (QED) is 0.484. The molecule has 0 aliphatic carbocycles. The summed E-state index contributed by atoms with van der Waals surface area (Å²) in [4.78, 5) is 4.14. The molecule has 0 spiro atoms. The lowest BCUT2D eigenvalue weighted by atomic mass is 10.1. The normalized spacial score (nSPS) is 12.3. The van der Waals surface area contributed by atoms with Gasteiger partial charge in [0.05, 0.1) is 5.25 Å². The van der Waals surface area contributed by atoms with E-state index in [0.29, 0.717) is 11.8 Å². The molecule has 3 aromatic heterocycles. The van der Waals surface area contributed by atoms with Gasteiger partial charge in [-0.2, -0.15) is 0 Å². The highest BCUT2D eigenvalue weighted by Crippen LogP contribution is 2.35. The summed E-state index contributed by atoms with van der Waals surface area (Å²) in [5.41, 5.74) is 3.02. The van der Waals surface area contributed by atoms with Crippen LogP contribution in [0.15, 0.2) is 58.4 Å². The summed E-state index contributed by atoms with van der Waals surface area (Å²) in [6, 6.07) is 11.8. The highest BCUT2D eigenvalue weighted by molar-refractivity contribution is 7.99. The van der Waals surface area contributed by atoms with Crippen LogP contribution in [0.3, 0.4) is 0 Å². The number of hydrogen-bond acceptors (Lipinski definition) is 7. The second kappa shape index (κ2) is 7.32. The van der Waals surface area contributed by atoms with Crippen LogP contribution in [0.1, 0.15) is 23.6 Å². The van der Waals surface area contributed by atoms with E-state index in [2.05, 4.69) is 25.4 Å². The molecule has 7 nitrogen and oxygen atoms in total. The van der Waals surface area contributed by atoms with Gasteiger partial charge in [-0.3, -0.25) is 4.98 Å². The molecule has 0 fully saturated rings. The monoisotopic (exact) mass is 378 g/mol. The van der Waals surface area contributed by atoms with E-state index in [4.69, 9.17) is 4.42 Å². The van der Waals surface area contributed by atoms with Crippen LogP contribution in [0.2, 0.25) is 0 Å². The maximum Gasteiger partial charge on any atom is 0.247 e. The van der Waals surface area contributed by atoms with Crippen molar-refractivity contribution in [1.82, 2.24) is 29.9 Å². The number of rotatable bonds is 5. The molecule has 0 radical (unpaired) electrons. The predicted molar refractivity (Wildman–Crippen MR) is 103 cm³/mol. The van der Waals surface area contributed by atoms with Crippen LogP contribution in [-0.4, -0.2) is 29.9 Å². The fourth-order valence-electron chi connectivity index (χ4n) is 2.58. The first kappa shape index (κ1) is 17.4. The SMILES string of the molecule is Cc1ccc(-c2nnc(C(C)Sc3nnc(-c4cccnc4)n3C)o2)cc1. The molecule has 0 saturated carbocycles. The highest BCUT2D eigenvalue weighted by atomic mass is 32.2. The van der Waals surface area contributed by atoms with Gasteiger partial charge in [0, 0.05) is 30.6 Å². The van der Waals surface area contributed by atoms with Crippen LogP contribution < -0.4 is 0 Å². The Hall–Kier alpha value is -3.00. The molecule has 1 aromatic carbocycles. The van der Waals surface area contributed by atoms with Gasteiger partial charge in [0.2, 0.25) is 11.8 Å². The lowest BCUT2D eigenvalue weighted by Crippen LogP contribution is -1.97. The molecule has 136 valence electrons.